The van der Waals surface area contributed by atoms with Gasteiger partial charge in [0.1, 0.15) is 18.2 Å². The Morgan fingerprint density at radius 2 is 1.97 bits per heavy atom. The highest BCUT2D eigenvalue weighted by Gasteiger charge is 2.44. The van der Waals surface area contributed by atoms with Gasteiger partial charge in [-0.05, 0) is 30.3 Å². The average Bonchev–Trinajstić information content (AvgIpc) is 2.83. The van der Waals surface area contributed by atoms with Crippen molar-refractivity contribution in [3.05, 3.63) is 75.7 Å². The molecule has 34 heavy (non-hydrogen) atoms. The molecule has 1 spiro atoms. The number of anilines is 2. The van der Waals surface area contributed by atoms with Crippen LogP contribution in [0.1, 0.15) is 16.7 Å². The van der Waals surface area contributed by atoms with Crippen molar-refractivity contribution < 1.29 is 9.47 Å². The largest absolute Gasteiger partial charge is 0.489 e. The fourth-order valence-electron chi connectivity index (χ4n) is 4.21. The smallest absolute Gasteiger partial charge is 0.128 e. The van der Waals surface area contributed by atoms with Crippen LogP contribution in [0.3, 0.4) is 0 Å². The van der Waals surface area contributed by atoms with E-state index in [-0.39, 0.29) is 17.9 Å². The number of nitrogens with zero attached hydrogens (tertiary/aromatic N) is 3. The van der Waals surface area contributed by atoms with Crippen LogP contribution in [0, 0.1) is 5.41 Å². The van der Waals surface area contributed by atoms with Crippen LogP contribution in [0.25, 0.3) is 0 Å². The van der Waals surface area contributed by atoms with Gasteiger partial charge in [0, 0.05) is 60.6 Å². The topological polar surface area (TPSA) is 109 Å². The third kappa shape index (κ3) is 4.54. The summed E-state index contributed by atoms with van der Waals surface area (Å²) in [5.41, 5.74) is 8.84. The molecule has 0 aliphatic carbocycles. The lowest BCUT2D eigenvalue weighted by atomic mass is 9.89. The lowest BCUT2D eigenvalue weighted by Gasteiger charge is -2.52. The molecular formula is C24H24Cl2N6O2. The molecule has 2 aliphatic rings. The van der Waals surface area contributed by atoms with Gasteiger partial charge in [-0.1, -0.05) is 23.2 Å². The van der Waals surface area contributed by atoms with Gasteiger partial charge in [0.15, 0.2) is 0 Å². The summed E-state index contributed by atoms with van der Waals surface area (Å²) in [7, 11) is 0. The van der Waals surface area contributed by atoms with Crippen molar-refractivity contribution in [2.24, 2.45) is 0 Å². The number of nitrogen functional groups attached to an aromatic ring is 1. The Hall–Kier alpha value is -2.91. The maximum atomic E-state index is 8.70. The molecule has 10 heteroatoms. The van der Waals surface area contributed by atoms with Crippen LogP contribution in [0.15, 0.2) is 48.9 Å². The molecule has 3 aromatic rings. The van der Waals surface area contributed by atoms with E-state index in [9.17, 15) is 0 Å². The third-order valence-corrected chi connectivity index (χ3v) is 6.75. The van der Waals surface area contributed by atoms with Gasteiger partial charge >= 0.3 is 0 Å². The van der Waals surface area contributed by atoms with Crippen LogP contribution in [0.4, 0.5) is 11.5 Å². The Balaban J connectivity index is 1.27. The lowest BCUT2D eigenvalue weighted by Crippen LogP contribution is -2.73. The summed E-state index contributed by atoms with van der Waals surface area (Å²) >= 11 is 12.3. The molecule has 2 aromatic heterocycles. The number of hydrogen-bond acceptors (Lipinski definition) is 8. The fourth-order valence-corrected chi connectivity index (χ4v) is 4.68. The van der Waals surface area contributed by atoms with E-state index in [1.165, 1.54) is 12.4 Å². The minimum Gasteiger partial charge on any atom is -0.489 e. The Morgan fingerprint density at radius 1 is 1.18 bits per heavy atom. The zero-order chi connectivity index (χ0) is 23.7. The Labute approximate surface area is 207 Å². The number of nitrogens with two attached hydrogens (primary N) is 1. The first-order valence-corrected chi connectivity index (χ1v) is 11.6. The molecule has 0 unspecified atom stereocenters. The second kappa shape index (κ2) is 9.38. The van der Waals surface area contributed by atoms with Crippen molar-refractivity contribution >= 4 is 40.4 Å². The van der Waals surface area contributed by atoms with Gasteiger partial charge in [0.05, 0.1) is 34.5 Å². The first kappa shape index (κ1) is 22.9. The summed E-state index contributed by atoms with van der Waals surface area (Å²) in [6.07, 6.45) is 4.75. The fraction of sp³-hybridized carbons (Fsp3) is 0.292. The summed E-state index contributed by atoms with van der Waals surface area (Å²) in [5.74, 6) is 1.43. The molecule has 0 atom stereocenters. The molecule has 2 aliphatic heterocycles. The SMILES string of the molecule is N=C(c1ccc(N2CC3(COCCN3)C2)nc1)c1cc(OCc2c(Cl)cncc2Cl)ccc1N. The molecule has 4 heterocycles. The minimum atomic E-state index is 0.0327. The van der Waals surface area contributed by atoms with E-state index >= 15 is 0 Å². The third-order valence-electron chi connectivity index (χ3n) is 6.10. The van der Waals surface area contributed by atoms with Crippen LogP contribution in [0.2, 0.25) is 10.0 Å². The predicted octanol–water partition coefficient (Wildman–Crippen LogP) is 3.54. The van der Waals surface area contributed by atoms with Gasteiger partial charge < -0.3 is 25.4 Å². The molecule has 176 valence electrons. The molecule has 8 nitrogen and oxygen atoms in total. The average molecular weight is 499 g/mol. The number of aromatic nitrogens is 2. The maximum absolute atomic E-state index is 8.70. The molecule has 0 saturated carbocycles. The molecule has 5 rings (SSSR count). The summed E-state index contributed by atoms with van der Waals surface area (Å²) < 4.78 is 11.5. The van der Waals surface area contributed by atoms with Gasteiger partial charge in [-0.25, -0.2) is 4.98 Å². The van der Waals surface area contributed by atoms with E-state index in [4.69, 9.17) is 43.8 Å². The zero-order valence-electron chi connectivity index (χ0n) is 18.4. The Kier molecular flexibility index (Phi) is 6.31. The summed E-state index contributed by atoms with van der Waals surface area (Å²) in [4.78, 5) is 10.7. The van der Waals surface area contributed by atoms with Crippen molar-refractivity contribution in [3.63, 3.8) is 0 Å². The molecule has 1 aromatic carbocycles. The second-order valence-corrected chi connectivity index (χ2v) is 9.33. The molecule has 0 bridgehead atoms. The van der Waals surface area contributed by atoms with Crippen LogP contribution >= 0.6 is 23.2 Å². The van der Waals surface area contributed by atoms with Crippen molar-refractivity contribution in [3.8, 4) is 5.75 Å². The van der Waals surface area contributed by atoms with E-state index in [1.54, 1.807) is 24.4 Å². The van der Waals surface area contributed by atoms with Crippen LogP contribution in [-0.2, 0) is 11.3 Å². The molecule has 0 amide bonds. The summed E-state index contributed by atoms with van der Waals surface area (Å²) in [6, 6.07) is 9.03. The highest BCUT2D eigenvalue weighted by Crippen LogP contribution is 2.30. The first-order chi connectivity index (χ1) is 16.4. The molecule has 4 N–H and O–H groups in total. The molecular weight excluding hydrogens is 475 g/mol. The summed E-state index contributed by atoms with van der Waals surface area (Å²) in [5, 5.41) is 13.1. The normalized spacial score (nSPS) is 16.8. The monoisotopic (exact) mass is 498 g/mol. The van der Waals surface area contributed by atoms with Gasteiger partial charge in [0.25, 0.3) is 0 Å². The Morgan fingerprint density at radius 3 is 2.65 bits per heavy atom. The van der Waals surface area contributed by atoms with E-state index < -0.39 is 0 Å². The van der Waals surface area contributed by atoms with E-state index in [2.05, 4.69) is 20.2 Å². The maximum Gasteiger partial charge on any atom is 0.128 e. The van der Waals surface area contributed by atoms with Crippen molar-refractivity contribution in [1.29, 1.82) is 5.41 Å². The van der Waals surface area contributed by atoms with Gasteiger partial charge in [0.2, 0.25) is 0 Å². The van der Waals surface area contributed by atoms with Crippen LogP contribution in [-0.4, -0.2) is 54.1 Å². The van der Waals surface area contributed by atoms with E-state index in [0.29, 0.717) is 38.2 Å². The summed E-state index contributed by atoms with van der Waals surface area (Å²) in [6.45, 7) is 4.25. The lowest BCUT2D eigenvalue weighted by molar-refractivity contribution is 0.0135. The van der Waals surface area contributed by atoms with Crippen molar-refractivity contribution in [2.45, 2.75) is 12.1 Å². The second-order valence-electron chi connectivity index (χ2n) is 8.52. The highest BCUT2D eigenvalue weighted by molar-refractivity contribution is 6.35. The zero-order valence-corrected chi connectivity index (χ0v) is 19.9. The van der Waals surface area contributed by atoms with Crippen molar-refractivity contribution in [1.82, 2.24) is 15.3 Å². The van der Waals surface area contributed by atoms with E-state index in [1.807, 2.05) is 12.1 Å². The predicted molar refractivity (Wildman–Crippen MR) is 133 cm³/mol. The quantitative estimate of drug-likeness (QED) is 0.352. The van der Waals surface area contributed by atoms with Crippen LogP contribution in [0.5, 0.6) is 5.75 Å². The minimum absolute atomic E-state index is 0.0327. The number of morpholine rings is 1. The standard InChI is InChI=1S/C24H24Cl2N6O2/c25-19-9-29-10-20(26)18(19)11-34-16-2-3-21(27)17(7-16)23(28)15-1-4-22(30-8-15)32-12-24(13-32)14-33-6-5-31-24/h1-4,7-10,28,31H,5-6,11-14,27H2. The number of benzene rings is 1. The number of hydrogen-bond donors (Lipinski definition) is 3. The van der Waals surface area contributed by atoms with Gasteiger partial charge in [-0.3, -0.25) is 10.4 Å². The number of rotatable bonds is 6. The van der Waals surface area contributed by atoms with E-state index in [0.717, 1.165) is 38.7 Å². The molecule has 2 saturated heterocycles. The number of ether oxygens (including phenoxy) is 2. The van der Waals surface area contributed by atoms with Crippen molar-refractivity contribution in [2.75, 3.05) is 43.5 Å². The number of nitrogens with one attached hydrogen (secondary N) is 2. The highest BCUT2D eigenvalue weighted by atomic mass is 35.5. The first-order valence-electron chi connectivity index (χ1n) is 10.9. The molecule has 2 fully saturated rings. The number of halogens is 2. The van der Waals surface area contributed by atoms with Crippen LogP contribution < -0.4 is 20.7 Å². The van der Waals surface area contributed by atoms with Gasteiger partial charge in [-0.15, -0.1) is 0 Å². The number of pyridine rings is 2. The Bertz CT molecular complexity index is 1190. The molecule has 0 radical (unpaired) electrons. The van der Waals surface area contributed by atoms with Gasteiger partial charge in [-0.2, -0.15) is 0 Å².